The predicted molar refractivity (Wildman–Crippen MR) is 142 cm³/mol. The lowest BCUT2D eigenvalue weighted by Crippen LogP contribution is -2.52. The van der Waals surface area contributed by atoms with Crippen LogP contribution in [0.15, 0.2) is 72.8 Å². The van der Waals surface area contributed by atoms with E-state index in [2.05, 4.69) is 73.5 Å². The molecule has 3 aromatic rings. The minimum absolute atomic E-state index is 0.153. The zero-order chi connectivity index (χ0) is 24.1. The van der Waals surface area contributed by atoms with E-state index < -0.39 is 0 Å². The third-order valence-electron chi connectivity index (χ3n) is 6.91. The van der Waals surface area contributed by atoms with Crippen molar-refractivity contribution in [3.8, 4) is 0 Å². The number of halogens is 1. The quantitative estimate of drug-likeness (QED) is 0.420. The molecular formula is C30H35ClN2O. The molecule has 0 aromatic heterocycles. The molecule has 0 saturated carbocycles. The van der Waals surface area contributed by atoms with E-state index in [1.807, 2.05) is 30.3 Å². The van der Waals surface area contributed by atoms with Crippen molar-refractivity contribution in [2.24, 2.45) is 0 Å². The van der Waals surface area contributed by atoms with Crippen LogP contribution in [0.4, 0.5) is 0 Å². The fourth-order valence-corrected chi connectivity index (χ4v) is 5.23. The van der Waals surface area contributed by atoms with E-state index in [9.17, 15) is 4.79 Å². The molecule has 1 aliphatic heterocycles. The van der Waals surface area contributed by atoms with Crippen LogP contribution in [0.1, 0.15) is 58.3 Å². The lowest BCUT2D eigenvalue weighted by molar-refractivity contribution is 0.0576. The van der Waals surface area contributed by atoms with Crippen LogP contribution in [0.25, 0.3) is 0 Å². The van der Waals surface area contributed by atoms with E-state index >= 15 is 0 Å². The molecule has 0 aliphatic carbocycles. The fourth-order valence-electron chi connectivity index (χ4n) is 5.10. The smallest absolute Gasteiger partial charge is 0.254 e. The van der Waals surface area contributed by atoms with Gasteiger partial charge in [0.05, 0.1) is 0 Å². The third-order valence-corrected chi connectivity index (χ3v) is 7.16. The molecule has 4 heteroatoms. The van der Waals surface area contributed by atoms with E-state index in [0.717, 1.165) is 54.1 Å². The van der Waals surface area contributed by atoms with E-state index in [1.165, 1.54) is 11.1 Å². The highest BCUT2D eigenvalue weighted by atomic mass is 35.5. The summed E-state index contributed by atoms with van der Waals surface area (Å²) in [5, 5.41) is 4.57. The SMILES string of the molecule is Cc1cc(C)cc(C(=O)N2CC[C@H](NCC(C)c3ccc(Cl)cc3)C[C@H]2Cc2ccccc2)c1. The van der Waals surface area contributed by atoms with Crippen molar-refractivity contribution in [2.45, 2.75) is 58.0 Å². The summed E-state index contributed by atoms with van der Waals surface area (Å²) in [4.78, 5) is 15.7. The Morgan fingerprint density at radius 2 is 1.71 bits per heavy atom. The molecule has 0 radical (unpaired) electrons. The normalized spacial score (nSPS) is 19.1. The van der Waals surface area contributed by atoms with Crippen LogP contribution in [0.5, 0.6) is 0 Å². The highest BCUT2D eigenvalue weighted by molar-refractivity contribution is 6.30. The Hall–Kier alpha value is -2.62. The number of carbonyl (C=O) groups excluding carboxylic acids is 1. The van der Waals surface area contributed by atoms with E-state index in [1.54, 1.807) is 0 Å². The van der Waals surface area contributed by atoms with Crippen molar-refractivity contribution in [3.05, 3.63) is 106 Å². The molecule has 1 amide bonds. The van der Waals surface area contributed by atoms with Gasteiger partial charge in [0, 0.05) is 35.8 Å². The summed E-state index contributed by atoms with van der Waals surface area (Å²) in [7, 11) is 0. The van der Waals surface area contributed by atoms with Crippen LogP contribution in [-0.2, 0) is 6.42 Å². The van der Waals surface area contributed by atoms with Gasteiger partial charge >= 0.3 is 0 Å². The van der Waals surface area contributed by atoms with E-state index in [4.69, 9.17) is 11.6 Å². The zero-order valence-electron chi connectivity index (χ0n) is 20.4. The van der Waals surface area contributed by atoms with Gasteiger partial charge < -0.3 is 10.2 Å². The zero-order valence-corrected chi connectivity index (χ0v) is 21.2. The van der Waals surface area contributed by atoms with Crippen molar-refractivity contribution in [1.29, 1.82) is 0 Å². The van der Waals surface area contributed by atoms with Gasteiger partial charge in [0.15, 0.2) is 0 Å². The molecule has 1 unspecified atom stereocenters. The number of hydrogen-bond acceptors (Lipinski definition) is 2. The minimum Gasteiger partial charge on any atom is -0.335 e. The number of likely N-dealkylation sites (tertiary alicyclic amines) is 1. The number of aryl methyl sites for hydroxylation is 2. The van der Waals surface area contributed by atoms with Crippen LogP contribution < -0.4 is 5.32 Å². The van der Waals surface area contributed by atoms with Crippen molar-refractivity contribution in [3.63, 3.8) is 0 Å². The first kappa shape index (κ1) is 24.5. The van der Waals surface area contributed by atoms with Crippen LogP contribution in [0.2, 0.25) is 5.02 Å². The molecule has 3 aromatic carbocycles. The lowest BCUT2D eigenvalue weighted by Gasteiger charge is -2.40. The molecule has 3 atom stereocenters. The molecule has 0 bridgehead atoms. The molecule has 1 aliphatic rings. The second-order valence-corrected chi connectivity index (χ2v) is 10.2. The van der Waals surface area contributed by atoms with Crippen LogP contribution in [0, 0.1) is 13.8 Å². The Morgan fingerprint density at radius 3 is 2.38 bits per heavy atom. The minimum atomic E-state index is 0.153. The highest BCUT2D eigenvalue weighted by Gasteiger charge is 2.32. The van der Waals surface area contributed by atoms with Crippen molar-refractivity contribution in [2.75, 3.05) is 13.1 Å². The second-order valence-electron chi connectivity index (χ2n) is 9.80. The van der Waals surface area contributed by atoms with E-state index in [0.29, 0.717) is 12.0 Å². The van der Waals surface area contributed by atoms with Crippen LogP contribution >= 0.6 is 11.6 Å². The molecule has 4 rings (SSSR count). The average Bonchev–Trinajstić information content (AvgIpc) is 2.83. The van der Waals surface area contributed by atoms with Crippen molar-refractivity contribution >= 4 is 17.5 Å². The summed E-state index contributed by atoms with van der Waals surface area (Å²) in [5.74, 6) is 0.556. The number of nitrogens with zero attached hydrogens (tertiary/aromatic N) is 1. The summed E-state index contributed by atoms with van der Waals surface area (Å²) >= 11 is 6.05. The number of carbonyl (C=O) groups is 1. The molecule has 1 saturated heterocycles. The highest BCUT2D eigenvalue weighted by Crippen LogP contribution is 2.25. The summed E-state index contributed by atoms with van der Waals surface area (Å²) in [6, 6.07) is 25.4. The Bertz CT molecular complexity index is 1080. The number of amides is 1. The monoisotopic (exact) mass is 474 g/mol. The van der Waals surface area contributed by atoms with Gasteiger partial charge in [0.1, 0.15) is 0 Å². The first-order valence-corrected chi connectivity index (χ1v) is 12.7. The largest absolute Gasteiger partial charge is 0.335 e. The molecule has 0 spiro atoms. The van der Waals surface area contributed by atoms with E-state index in [-0.39, 0.29) is 11.9 Å². The van der Waals surface area contributed by atoms with Gasteiger partial charge in [-0.15, -0.1) is 0 Å². The molecule has 3 nitrogen and oxygen atoms in total. The van der Waals surface area contributed by atoms with Gasteiger partial charge in [-0.3, -0.25) is 4.79 Å². The molecular weight excluding hydrogens is 440 g/mol. The average molecular weight is 475 g/mol. The standard InChI is InChI=1S/C30H35ClN2O/c1-21-15-22(2)17-26(16-21)30(34)33-14-13-28(19-29(33)18-24-7-5-4-6-8-24)32-20-23(3)25-9-11-27(31)12-10-25/h4-12,15-17,23,28-29,32H,13-14,18-20H2,1-3H3/t23?,28-,29+/m0/s1. The number of benzene rings is 3. The molecule has 1 N–H and O–H groups in total. The maximum Gasteiger partial charge on any atom is 0.254 e. The first-order chi connectivity index (χ1) is 16.4. The molecule has 178 valence electrons. The summed E-state index contributed by atoms with van der Waals surface area (Å²) in [6.45, 7) is 8.05. The van der Waals surface area contributed by atoms with Gasteiger partial charge in [-0.1, -0.05) is 78.2 Å². The number of piperidine rings is 1. The third kappa shape index (κ3) is 6.28. The second kappa shape index (κ2) is 11.2. The maximum absolute atomic E-state index is 13.6. The van der Waals surface area contributed by atoms with Crippen molar-refractivity contribution < 1.29 is 4.79 Å². The Kier molecular flexibility index (Phi) is 8.07. The summed E-state index contributed by atoms with van der Waals surface area (Å²) < 4.78 is 0. The number of nitrogens with one attached hydrogen (secondary N) is 1. The molecule has 34 heavy (non-hydrogen) atoms. The predicted octanol–water partition coefficient (Wildman–Crippen LogP) is 6.57. The molecule has 1 heterocycles. The van der Waals surface area contributed by atoms with Gasteiger partial charge in [-0.2, -0.15) is 0 Å². The Morgan fingerprint density at radius 1 is 1.03 bits per heavy atom. The number of hydrogen-bond donors (Lipinski definition) is 1. The Balaban J connectivity index is 1.46. The van der Waals surface area contributed by atoms with Gasteiger partial charge in [-0.25, -0.2) is 0 Å². The summed E-state index contributed by atoms with van der Waals surface area (Å²) in [6.07, 6.45) is 2.80. The summed E-state index contributed by atoms with van der Waals surface area (Å²) in [5.41, 5.74) is 5.64. The Labute approximate surface area is 209 Å². The maximum atomic E-state index is 13.6. The van der Waals surface area contributed by atoms with Crippen molar-refractivity contribution in [1.82, 2.24) is 10.2 Å². The first-order valence-electron chi connectivity index (χ1n) is 12.3. The number of rotatable bonds is 7. The fraction of sp³-hybridized carbons (Fsp3) is 0.367. The van der Waals surface area contributed by atoms with Gasteiger partial charge in [-0.05, 0) is 74.4 Å². The topological polar surface area (TPSA) is 32.3 Å². The lowest BCUT2D eigenvalue weighted by atomic mass is 9.90. The van der Waals surface area contributed by atoms with Crippen LogP contribution in [-0.4, -0.2) is 36.0 Å². The van der Waals surface area contributed by atoms with Gasteiger partial charge in [0.2, 0.25) is 0 Å². The van der Waals surface area contributed by atoms with Crippen LogP contribution in [0.3, 0.4) is 0 Å². The van der Waals surface area contributed by atoms with Gasteiger partial charge in [0.25, 0.3) is 5.91 Å². The molecule has 1 fully saturated rings.